The number of urea groups is 1. The van der Waals surface area contributed by atoms with Crippen LogP contribution in [0.4, 0.5) is 4.79 Å². The van der Waals surface area contributed by atoms with E-state index in [1.807, 2.05) is 0 Å². The number of hydrogen-bond donors (Lipinski definition) is 3. The van der Waals surface area contributed by atoms with Gasteiger partial charge in [-0.05, 0) is 0 Å². The van der Waals surface area contributed by atoms with Gasteiger partial charge in [0.15, 0.2) is 0 Å². The molecule has 2 aliphatic heterocycles. The van der Waals surface area contributed by atoms with E-state index in [4.69, 9.17) is 5.11 Å². The Labute approximate surface area is 101 Å². The first-order chi connectivity index (χ1) is 7.66. The van der Waals surface area contributed by atoms with Crippen LogP contribution in [0.3, 0.4) is 0 Å². The van der Waals surface area contributed by atoms with Crippen molar-refractivity contribution in [3.8, 4) is 0 Å². The van der Waals surface area contributed by atoms with E-state index in [1.54, 1.807) is 0 Å². The Morgan fingerprint density at radius 3 is 3.00 bits per heavy atom. The second-order valence-corrected chi connectivity index (χ2v) is 6.93. The van der Waals surface area contributed by atoms with Crippen LogP contribution < -0.4 is 10.6 Å². The van der Waals surface area contributed by atoms with E-state index in [9.17, 15) is 9.59 Å². The van der Waals surface area contributed by atoms with Crippen LogP contribution in [0.5, 0.6) is 0 Å². The van der Waals surface area contributed by atoms with Crippen molar-refractivity contribution in [1.29, 1.82) is 0 Å². The van der Waals surface area contributed by atoms with E-state index in [0.717, 1.165) is 24.6 Å². The molecule has 3 atom stereocenters. The van der Waals surface area contributed by atoms with Gasteiger partial charge in [-0.1, -0.05) is 0 Å². The number of rotatable bonds is 5. The van der Waals surface area contributed by atoms with Gasteiger partial charge in [0.1, 0.15) is 0 Å². The number of hydrogen-bond acceptors (Lipinski definition) is 2. The summed E-state index contributed by atoms with van der Waals surface area (Å²) < 4.78 is 0. The molecule has 2 amide bonds. The Kier molecular flexibility index (Phi) is 3.71. The fourth-order valence-corrected chi connectivity index (χ4v) is 5.50. The number of unbranched alkanes of at least 4 members (excludes halogenated alkanes) is 1. The summed E-state index contributed by atoms with van der Waals surface area (Å²) in [5.74, 6) is -0.717. The van der Waals surface area contributed by atoms with E-state index in [2.05, 4.69) is 10.6 Å². The summed E-state index contributed by atoms with van der Waals surface area (Å²) in [5.41, 5.74) is 0. The van der Waals surface area contributed by atoms with E-state index in [-0.39, 0.29) is 12.5 Å². The molecule has 0 aromatic rings. The van der Waals surface area contributed by atoms with Crippen LogP contribution in [-0.2, 0) is 4.79 Å². The van der Waals surface area contributed by atoms with Gasteiger partial charge in [-0.15, -0.1) is 0 Å². The van der Waals surface area contributed by atoms with Crippen LogP contribution >= 0.6 is 0 Å². The maximum atomic E-state index is 11.1. The summed E-state index contributed by atoms with van der Waals surface area (Å²) in [5, 5.41) is 15.5. The van der Waals surface area contributed by atoms with Crippen molar-refractivity contribution in [2.75, 3.05) is 0 Å². The number of amides is 2. The first kappa shape index (κ1) is 11.7. The average molecular weight is 291 g/mol. The molecule has 2 fully saturated rings. The Morgan fingerprint density at radius 2 is 2.25 bits per heavy atom. The van der Waals surface area contributed by atoms with Crippen LogP contribution in [0.1, 0.15) is 25.7 Å². The van der Waals surface area contributed by atoms with Crippen LogP contribution in [-0.4, -0.2) is 44.1 Å². The first-order valence-electron chi connectivity index (χ1n) is 5.57. The summed E-state index contributed by atoms with van der Waals surface area (Å²) in [6, 6.07) is 0.593. The Hall–Kier alpha value is -0.741. The Bertz CT molecular complexity index is 298. The van der Waals surface area contributed by atoms with Gasteiger partial charge in [-0.25, -0.2) is 0 Å². The number of carboxylic acids is 1. The molecule has 0 aromatic carbocycles. The molecule has 0 spiro atoms. The topological polar surface area (TPSA) is 78.4 Å². The summed E-state index contributed by atoms with van der Waals surface area (Å²) in [6.45, 7) is 0. The van der Waals surface area contributed by atoms with E-state index in [1.165, 1.54) is 0 Å². The quantitative estimate of drug-likeness (QED) is 0.513. The molecule has 0 aliphatic carbocycles. The van der Waals surface area contributed by atoms with Gasteiger partial charge in [0.2, 0.25) is 0 Å². The van der Waals surface area contributed by atoms with Crippen molar-refractivity contribution in [3.05, 3.63) is 0 Å². The minimum absolute atomic E-state index is 0.0407. The molecule has 6 heteroatoms. The van der Waals surface area contributed by atoms with E-state index >= 15 is 0 Å². The first-order valence-corrected chi connectivity index (χ1v) is 7.77. The van der Waals surface area contributed by atoms with E-state index in [0.29, 0.717) is 31.9 Å². The zero-order valence-electron chi connectivity index (χ0n) is 8.94. The van der Waals surface area contributed by atoms with Gasteiger partial charge in [0.25, 0.3) is 0 Å². The molecule has 3 N–H and O–H groups in total. The number of fused-ring (bicyclic) bond motifs is 1. The number of carboxylic acid groups (broad SMARTS) is 1. The fraction of sp³-hybridized carbons (Fsp3) is 0.800. The molecule has 2 saturated heterocycles. The molecule has 90 valence electrons. The van der Waals surface area contributed by atoms with Crippen molar-refractivity contribution in [2.45, 2.75) is 47.9 Å². The van der Waals surface area contributed by atoms with Gasteiger partial charge in [-0.2, -0.15) is 0 Å². The van der Waals surface area contributed by atoms with E-state index < -0.39 is 5.97 Å². The average Bonchev–Trinajstić information content (AvgIpc) is 2.72. The predicted octanol–water partition coefficient (Wildman–Crippen LogP) is 0.606. The van der Waals surface area contributed by atoms with Gasteiger partial charge in [-0.3, -0.25) is 0 Å². The Balaban J connectivity index is 1.70. The SMILES string of the molecule is O=C(O)CCCC[C@@H]1[Se]C[C@@H]2NC(=O)N[C@H]21. The van der Waals surface area contributed by atoms with Crippen molar-refractivity contribution >= 4 is 27.0 Å². The number of carbonyl (C=O) groups excluding carboxylic acids is 1. The molecular formula is C10H16N2O3Se. The van der Waals surface area contributed by atoms with Gasteiger partial charge in [0.05, 0.1) is 0 Å². The molecule has 0 radical (unpaired) electrons. The van der Waals surface area contributed by atoms with Crippen molar-refractivity contribution in [3.63, 3.8) is 0 Å². The molecule has 2 heterocycles. The molecule has 16 heavy (non-hydrogen) atoms. The normalized spacial score (nSPS) is 32.0. The van der Waals surface area contributed by atoms with Crippen LogP contribution in [0.15, 0.2) is 0 Å². The van der Waals surface area contributed by atoms with Crippen LogP contribution in [0.25, 0.3) is 0 Å². The van der Waals surface area contributed by atoms with Gasteiger partial charge in [0, 0.05) is 0 Å². The molecule has 0 saturated carbocycles. The fourth-order valence-electron chi connectivity index (χ4n) is 2.26. The van der Waals surface area contributed by atoms with Crippen LogP contribution in [0, 0.1) is 0 Å². The summed E-state index contributed by atoms with van der Waals surface area (Å²) >= 11 is 0.583. The zero-order chi connectivity index (χ0) is 11.5. The zero-order valence-corrected chi connectivity index (χ0v) is 10.7. The number of carbonyl (C=O) groups is 2. The third-order valence-electron chi connectivity index (χ3n) is 3.07. The molecule has 2 rings (SSSR count). The maximum absolute atomic E-state index is 11.1. The molecule has 0 aromatic heterocycles. The monoisotopic (exact) mass is 292 g/mol. The van der Waals surface area contributed by atoms with Crippen molar-refractivity contribution in [1.82, 2.24) is 10.6 Å². The second-order valence-electron chi connectivity index (χ2n) is 4.26. The molecule has 0 unspecified atom stereocenters. The van der Waals surface area contributed by atoms with Gasteiger partial charge < -0.3 is 0 Å². The molecular weight excluding hydrogens is 275 g/mol. The third kappa shape index (κ3) is 2.68. The summed E-state index contributed by atoms with van der Waals surface area (Å²) in [7, 11) is 0. The van der Waals surface area contributed by atoms with Crippen molar-refractivity contribution < 1.29 is 14.7 Å². The van der Waals surface area contributed by atoms with Crippen LogP contribution in [0.2, 0.25) is 10.1 Å². The third-order valence-corrected chi connectivity index (χ3v) is 6.23. The second kappa shape index (κ2) is 5.06. The summed E-state index contributed by atoms with van der Waals surface area (Å²) in [6.07, 6.45) is 3.02. The van der Waals surface area contributed by atoms with Crippen molar-refractivity contribution in [2.24, 2.45) is 0 Å². The van der Waals surface area contributed by atoms with Gasteiger partial charge >= 0.3 is 100 Å². The summed E-state index contributed by atoms with van der Waals surface area (Å²) in [4.78, 5) is 22.1. The predicted molar refractivity (Wildman–Crippen MR) is 59.7 cm³/mol. The molecule has 0 bridgehead atoms. The Morgan fingerprint density at radius 1 is 1.44 bits per heavy atom. The number of aliphatic carboxylic acids is 1. The standard InChI is InChI=1S/C10H16N2O3Se/c13-8(14)4-2-1-3-7-9-6(5-16-7)11-10(15)12-9/h6-7,9H,1-5H2,(H,13,14)(H2,11,12,15)/t6-,7-,9+/m0/s1. The number of nitrogens with one attached hydrogen (secondary N) is 2. The molecule has 2 aliphatic rings. The molecule has 5 nitrogen and oxygen atoms in total. The minimum atomic E-state index is -0.717.